The van der Waals surface area contributed by atoms with Crippen molar-refractivity contribution in [2.24, 2.45) is 0 Å². The number of hydrogen-bond acceptors (Lipinski definition) is 6. The zero-order chi connectivity index (χ0) is 20.6. The van der Waals surface area contributed by atoms with Crippen molar-refractivity contribution in [2.45, 2.75) is 32.2 Å². The predicted octanol–water partition coefficient (Wildman–Crippen LogP) is 4.40. The maximum absolute atomic E-state index is 13.8. The number of alkyl halides is 3. The van der Waals surface area contributed by atoms with Crippen LogP contribution in [0.3, 0.4) is 0 Å². The first-order valence-electron chi connectivity index (χ1n) is 9.26. The number of nitrogens with zero attached hydrogens (tertiary/aromatic N) is 4. The molecule has 0 bridgehead atoms. The molecule has 1 aliphatic rings. The standard InChI is InChI=1S/C20H20F3N5O/c1-12-10-28(11-13(2)29-12)17-5-3-14(9-15(17)20(21,22)23)26-18-6-4-16-19(27-18)25-8-7-24-16/h3-9,12-13H,10-11H2,1-2H3,(H,25,26,27). The molecule has 2 aromatic heterocycles. The lowest BCUT2D eigenvalue weighted by atomic mass is 10.1. The average Bonchev–Trinajstić information content (AvgIpc) is 2.66. The van der Waals surface area contributed by atoms with Crippen LogP contribution in [0.4, 0.5) is 30.4 Å². The number of benzene rings is 1. The van der Waals surface area contributed by atoms with E-state index in [4.69, 9.17) is 4.74 Å². The maximum Gasteiger partial charge on any atom is 0.418 e. The van der Waals surface area contributed by atoms with Gasteiger partial charge in [0.15, 0.2) is 5.65 Å². The van der Waals surface area contributed by atoms with Crippen LogP contribution in [-0.4, -0.2) is 40.2 Å². The number of aromatic nitrogens is 3. The van der Waals surface area contributed by atoms with Gasteiger partial charge < -0.3 is 15.0 Å². The van der Waals surface area contributed by atoms with Crippen molar-refractivity contribution in [3.63, 3.8) is 0 Å². The number of anilines is 3. The van der Waals surface area contributed by atoms with E-state index in [1.54, 1.807) is 29.3 Å². The fourth-order valence-electron chi connectivity index (χ4n) is 3.56. The van der Waals surface area contributed by atoms with E-state index in [9.17, 15) is 13.2 Å². The van der Waals surface area contributed by atoms with Gasteiger partial charge in [0.05, 0.1) is 17.8 Å². The van der Waals surface area contributed by atoms with Crippen LogP contribution in [0.5, 0.6) is 0 Å². The van der Waals surface area contributed by atoms with Gasteiger partial charge in [-0.2, -0.15) is 13.2 Å². The van der Waals surface area contributed by atoms with Gasteiger partial charge in [-0.15, -0.1) is 0 Å². The van der Waals surface area contributed by atoms with Crippen LogP contribution in [0.25, 0.3) is 11.2 Å². The highest BCUT2D eigenvalue weighted by molar-refractivity contribution is 5.73. The molecule has 2 atom stereocenters. The minimum absolute atomic E-state index is 0.138. The lowest BCUT2D eigenvalue weighted by Gasteiger charge is -2.38. The summed E-state index contributed by atoms with van der Waals surface area (Å²) in [5, 5.41) is 2.93. The second-order valence-corrected chi connectivity index (χ2v) is 7.11. The third-order valence-corrected chi connectivity index (χ3v) is 4.67. The van der Waals surface area contributed by atoms with Crippen LogP contribution in [0, 0.1) is 0 Å². The average molecular weight is 403 g/mol. The third-order valence-electron chi connectivity index (χ3n) is 4.67. The molecule has 0 aliphatic carbocycles. The number of halogens is 3. The van der Waals surface area contributed by atoms with Gasteiger partial charge in [0.2, 0.25) is 0 Å². The van der Waals surface area contributed by atoms with Gasteiger partial charge in [-0.25, -0.2) is 9.97 Å². The van der Waals surface area contributed by atoms with Gasteiger partial charge in [-0.3, -0.25) is 4.98 Å². The summed E-state index contributed by atoms with van der Waals surface area (Å²) in [5.74, 6) is 0.396. The Bertz CT molecular complexity index is 1020. The van der Waals surface area contributed by atoms with Crippen molar-refractivity contribution in [3.05, 3.63) is 48.3 Å². The van der Waals surface area contributed by atoms with Crippen molar-refractivity contribution < 1.29 is 17.9 Å². The predicted molar refractivity (Wildman–Crippen MR) is 104 cm³/mol. The molecule has 0 radical (unpaired) electrons. The Kier molecular flexibility index (Phi) is 4.99. The summed E-state index contributed by atoms with van der Waals surface area (Å²) in [5.41, 5.74) is 0.791. The fraction of sp³-hybridized carbons (Fsp3) is 0.350. The van der Waals surface area contributed by atoms with Crippen molar-refractivity contribution in [2.75, 3.05) is 23.3 Å². The quantitative estimate of drug-likeness (QED) is 0.699. The van der Waals surface area contributed by atoms with Crippen LogP contribution < -0.4 is 10.2 Å². The maximum atomic E-state index is 13.8. The Balaban J connectivity index is 1.66. The molecular weight excluding hydrogens is 383 g/mol. The van der Waals surface area contributed by atoms with Gasteiger partial charge in [0, 0.05) is 36.9 Å². The molecule has 4 rings (SSSR count). The first kappa shape index (κ1) is 19.4. The summed E-state index contributed by atoms with van der Waals surface area (Å²) >= 11 is 0. The SMILES string of the molecule is CC1CN(c2ccc(Nc3ccc4nccnc4n3)cc2C(F)(F)F)CC(C)O1. The molecule has 9 heteroatoms. The Labute approximate surface area is 165 Å². The van der Waals surface area contributed by atoms with E-state index >= 15 is 0 Å². The van der Waals surface area contributed by atoms with E-state index in [1.807, 2.05) is 13.8 Å². The summed E-state index contributed by atoms with van der Waals surface area (Å²) < 4.78 is 47.1. The summed E-state index contributed by atoms with van der Waals surface area (Å²) in [7, 11) is 0. The Hall–Kier alpha value is -2.94. The van der Waals surface area contributed by atoms with Crippen LogP contribution in [-0.2, 0) is 10.9 Å². The lowest BCUT2D eigenvalue weighted by molar-refractivity contribution is -0.137. The largest absolute Gasteiger partial charge is 0.418 e. The Morgan fingerprint density at radius 2 is 1.76 bits per heavy atom. The van der Waals surface area contributed by atoms with Crippen LogP contribution >= 0.6 is 0 Å². The van der Waals surface area contributed by atoms with E-state index in [-0.39, 0.29) is 17.9 Å². The smallest absolute Gasteiger partial charge is 0.372 e. The van der Waals surface area contributed by atoms with E-state index in [2.05, 4.69) is 20.3 Å². The summed E-state index contributed by atoms with van der Waals surface area (Å²) in [6, 6.07) is 7.61. The van der Waals surface area contributed by atoms with Crippen LogP contribution in [0.1, 0.15) is 19.4 Å². The molecule has 1 N–H and O–H groups in total. The molecular formula is C20H20F3N5O. The number of hydrogen-bond donors (Lipinski definition) is 1. The molecule has 0 amide bonds. The highest BCUT2D eigenvalue weighted by Gasteiger charge is 2.36. The van der Waals surface area contributed by atoms with Crippen LogP contribution in [0.2, 0.25) is 0 Å². The normalized spacial score (nSPS) is 20.1. The highest BCUT2D eigenvalue weighted by atomic mass is 19.4. The molecule has 29 heavy (non-hydrogen) atoms. The molecule has 0 spiro atoms. The second-order valence-electron chi connectivity index (χ2n) is 7.11. The molecule has 3 aromatic rings. The first-order chi connectivity index (χ1) is 13.8. The topological polar surface area (TPSA) is 63.2 Å². The minimum atomic E-state index is -4.49. The van der Waals surface area contributed by atoms with Gasteiger partial charge >= 0.3 is 6.18 Å². The Morgan fingerprint density at radius 1 is 1.03 bits per heavy atom. The monoisotopic (exact) mass is 403 g/mol. The summed E-state index contributed by atoms with van der Waals surface area (Å²) in [6.45, 7) is 4.54. The zero-order valence-corrected chi connectivity index (χ0v) is 15.9. The number of morpholine rings is 1. The van der Waals surface area contributed by atoms with E-state index < -0.39 is 11.7 Å². The molecule has 2 unspecified atom stereocenters. The fourth-order valence-corrected chi connectivity index (χ4v) is 3.56. The summed E-state index contributed by atoms with van der Waals surface area (Å²) in [6.07, 6.45) is -1.69. The number of rotatable bonds is 3. The molecule has 1 fully saturated rings. The van der Waals surface area contributed by atoms with Gasteiger partial charge in [-0.05, 0) is 44.2 Å². The molecule has 1 aliphatic heterocycles. The van der Waals surface area contributed by atoms with Crippen molar-refractivity contribution in [3.8, 4) is 0 Å². The molecule has 1 aromatic carbocycles. The number of nitrogens with one attached hydrogen (secondary N) is 1. The van der Waals surface area contributed by atoms with E-state index in [0.29, 0.717) is 35.8 Å². The number of fused-ring (bicyclic) bond motifs is 1. The van der Waals surface area contributed by atoms with E-state index in [0.717, 1.165) is 6.07 Å². The molecule has 152 valence electrons. The van der Waals surface area contributed by atoms with Gasteiger partial charge in [0.25, 0.3) is 0 Å². The van der Waals surface area contributed by atoms with Crippen molar-refractivity contribution in [1.29, 1.82) is 0 Å². The first-order valence-corrected chi connectivity index (χ1v) is 9.26. The van der Waals surface area contributed by atoms with Crippen molar-refractivity contribution >= 4 is 28.4 Å². The van der Waals surface area contributed by atoms with Gasteiger partial charge in [-0.1, -0.05) is 0 Å². The molecule has 0 saturated carbocycles. The highest BCUT2D eigenvalue weighted by Crippen LogP contribution is 2.39. The second kappa shape index (κ2) is 7.47. The Morgan fingerprint density at radius 3 is 2.48 bits per heavy atom. The van der Waals surface area contributed by atoms with E-state index in [1.165, 1.54) is 12.3 Å². The van der Waals surface area contributed by atoms with Crippen LogP contribution in [0.15, 0.2) is 42.7 Å². The number of ether oxygens (including phenoxy) is 1. The summed E-state index contributed by atoms with van der Waals surface area (Å²) in [4.78, 5) is 14.3. The van der Waals surface area contributed by atoms with Gasteiger partial charge in [0.1, 0.15) is 11.3 Å². The third kappa shape index (κ3) is 4.24. The zero-order valence-electron chi connectivity index (χ0n) is 15.9. The molecule has 6 nitrogen and oxygen atoms in total. The lowest BCUT2D eigenvalue weighted by Crippen LogP contribution is -2.46. The molecule has 3 heterocycles. The number of pyridine rings is 1. The minimum Gasteiger partial charge on any atom is -0.372 e. The molecule has 1 saturated heterocycles. The van der Waals surface area contributed by atoms with Crippen molar-refractivity contribution in [1.82, 2.24) is 15.0 Å².